The molecule has 1 aromatic heterocycles. The van der Waals surface area contributed by atoms with E-state index in [1.54, 1.807) is 12.5 Å². The molecule has 4 N–H and O–H groups in total. The van der Waals surface area contributed by atoms with Crippen LogP contribution < -0.4 is 20.9 Å². The van der Waals surface area contributed by atoms with Gasteiger partial charge in [0.2, 0.25) is 5.91 Å². The van der Waals surface area contributed by atoms with E-state index in [9.17, 15) is 4.79 Å². The van der Waals surface area contributed by atoms with Crippen LogP contribution in [0.2, 0.25) is 0 Å². The van der Waals surface area contributed by atoms with Gasteiger partial charge < -0.3 is 15.0 Å². The molecule has 0 spiro atoms. The Morgan fingerprint density at radius 1 is 1.38 bits per heavy atom. The van der Waals surface area contributed by atoms with Gasteiger partial charge in [-0.15, -0.1) is 0 Å². The van der Waals surface area contributed by atoms with E-state index in [-0.39, 0.29) is 18.0 Å². The number of imidazole rings is 1. The van der Waals surface area contributed by atoms with Crippen molar-refractivity contribution >= 4 is 5.91 Å². The largest absolute Gasteiger partial charge is 0.493 e. The van der Waals surface area contributed by atoms with E-state index < -0.39 is 0 Å². The number of aromatic amines is 1. The maximum atomic E-state index is 12.3. The molecular weight excluding hydrogens is 306 g/mol. The topological polar surface area (TPSA) is 91.1 Å². The molecule has 2 unspecified atom stereocenters. The summed E-state index contributed by atoms with van der Waals surface area (Å²) >= 11 is 0. The molecule has 1 saturated heterocycles. The van der Waals surface area contributed by atoms with Gasteiger partial charge in [0.15, 0.2) is 0 Å². The van der Waals surface area contributed by atoms with Crippen molar-refractivity contribution in [1.82, 2.24) is 26.1 Å². The molecular formula is C17H21N5O2. The van der Waals surface area contributed by atoms with Gasteiger partial charge in [-0.25, -0.2) is 15.8 Å². The fraction of sp³-hybridized carbons (Fsp3) is 0.412. The lowest BCUT2D eigenvalue weighted by molar-refractivity contribution is -0.122. The summed E-state index contributed by atoms with van der Waals surface area (Å²) in [7, 11) is 0. The molecule has 2 atom stereocenters. The molecule has 2 aliphatic heterocycles. The monoisotopic (exact) mass is 327 g/mol. The second kappa shape index (κ2) is 6.62. The summed E-state index contributed by atoms with van der Waals surface area (Å²) in [5.74, 6) is 1.01. The molecule has 24 heavy (non-hydrogen) atoms. The number of amides is 1. The van der Waals surface area contributed by atoms with E-state index in [1.807, 2.05) is 6.07 Å². The third-order valence-electron chi connectivity index (χ3n) is 4.58. The molecule has 2 aromatic rings. The first-order valence-electron chi connectivity index (χ1n) is 8.31. The molecule has 1 aromatic carbocycles. The van der Waals surface area contributed by atoms with Gasteiger partial charge in [-0.3, -0.25) is 4.79 Å². The molecule has 0 bridgehead atoms. The van der Waals surface area contributed by atoms with Gasteiger partial charge in [-0.2, -0.15) is 0 Å². The number of carbonyl (C=O) groups is 1. The number of H-pyrrole nitrogens is 1. The Morgan fingerprint density at radius 3 is 3.21 bits per heavy atom. The minimum absolute atomic E-state index is 0.0222. The van der Waals surface area contributed by atoms with Crippen LogP contribution >= 0.6 is 0 Å². The maximum absolute atomic E-state index is 12.3. The molecule has 7 heteroatoms. The zero-order chi connectivity index (χ0) is 16.4. The van der Waals surface area contributed by atoms with Crippen LogP contribution in [0.1, 0.15) is 29.3 Å². The number of nitrogens with zero attached hydrogens (tertiary/aromatic N) is 1. The number of aromatic nitrogens is 2. The first kappa shape index (κ1) is 15.2. The smallest absolute Gasteiger partial charge is 0.238 e. The molecule has 0 aliphatic carbocycles. The van der Waals surface area contributed by atoms with Gasteiger partial charge >= 0.3 is 0 Å². The molecule has 4 rings (SSSR count). The summed E-state index contributed by atoms with van der Waals surface area (Å²) < 4.78 is 5.54. The van der Waals surface area contributed by atoms with Crippen molar-refractivity contribution in [3.8, 4) is 5.75 Å². The highest BCUT2D eigenvalue weighted by Crippen LogP contribution is 2.30. The maximum Gasteiger partial charge on any atom is 0.238 e. The molecule has 7 nitrogen and oxygen atoms in total. The summed E-state index contributed by atoms with van der Waals surface area (Å²) in [6, 6.07) is 6.19. The fourth-order valence-electron chi connectivity index (χ4n) is 3.23. The first-order chi connectivity index (χ1) is 11.8. The second-order valence-electron chi connectivity index (χ2n) is 6.21. The number of hydrazine groups is 1. The van der Waals surface area contributed by atoms with E-state index in [1.165, 1.54) is 11.1 Å². The number of nitrogens with one attached hydrogen (secondary N) is 4. The Bertz CT molecular complexity index is 716. The van der Waals surface area contributed by atoms with E-state index in [4.69, 9.17) is 4.74 Å². The number of benzene rings is 1. The van der Waals surface area contributed by atoms with Crippen molar-refractivity contribution in [3.63, 3.8) is 0 Å². The van der Waals surface area contributed by atoms with Crippen LogP contribution in [0.4, 0.5) is 0 Å². The second-order valence-corrected chi connectivity index (χ2v) is 6.21. The third-order valence-corrected chi connectivity index (χ3v) is 4.58. The van der Waals surface area contributed by atoms with Gasteiger partial charge in [-0.05, 0) is 23.6 Å². The Hall–Kier alpha value is -2.38. The van der Waals surface area contributed by atoms with Gasteiger partial charge in [0, 0.05) is 37.3 Å². The Morgan fingerprint density at radius 2 is 2.33 bits per heavy atom. The SMILES string of the molecule is O=C(NCCc1cnc[nH]1)C1CC(c2ccc3c(c2)CCO3)NN1. The van der Waals surface area contributed by atoms with Crippen molar-refractivity contribution in [1.29, 1.82) is 0 Å². The highest BCUT2D eigenvalue weighted by Gasteiger charge is 2.30. The first-order valence-corrected chi connectivity index (χ1v) is 8.31. The van der Waals surface area contributed by atoms with Gasteiger partial charge in [-0.1, -0.05) is 12.1 Å². The van der Waals surface area contributed by atoms with E-state index in [0.717, 1.165) is 37.3 Å². The van der Waals surface area contributed by atoms with Crippen LogP contribution in [-0.4, -0.2) is 35.1 Å². The number of ether oxygens (including phenoxy) is 1. The van der Waals surface area contributed by atoms with Crippen LogP contribution in [0.15, 0.2) is 30.7 Å². The fourth-order valence-corrected chi connectivity index (χ4v) is 3.23. The molecule has 126 valence electrons. The lowest BCUT2D eigenvalue weighted by Crippen LogP contribution is -2.43. The van der Waals surface area contributed by atoms with Crippen LogP contribution in [0, 0.1) is 0 Å². The van der Waals surface area contributed by atoms with E-state index >= 15 is 0 Å². The minimum Gasteiger partial charge on any atom is -0.493 e. The van der Waals surface area contributed by atoms with Gasteiger partial charge in [0.25, 0.3) is 0 Å². The molecule has 2 aliphatic rings. The van der Waals surface area contributed by atoms with Crippen molar-refractivity contribution in [2.75, 3.05) is 13.2 Å². The Balaban J connectivity index is 1.30. The average Bonchev–Trinajstić information content (AvgIpc) is 3.34. The molecule has 1 fully saturated rings. The van der Waals surface area contributed by atoms with Crippen LogP contribution in [0.3, 0.4) is 0 Å². The van der Waals surface area contributed by atoms with Crippen LogP contribution in [-0.2, 0) is 17.6 Å². The van der Waals surface area contributed by atoms with Crippen molar-refractivity contribution < 1.29 is 9.53 Å². The normalized spacial score (nSPS) is 22.2. The number of hydrogen-bond acceptors (Lipinski definition) is 5. The summed E-state index contributed by atoms with van der Waals surface area (Å²) in [4.78, 5) is 19.3. The predicted molar refractivity (Wildman–Crippen MR) is 88.4 cm³/mol. The van der Waals surface area contributed by atoms with Crippen molar-refractivity contribution in [3.05, 3.63) is 47.5 Å². The Kier molecular flexibility index (Phi) is 4.18. The molecule has 0 saturated carbocycles. The van der Waals surface area contributed by atoms with E-state index in [0.29, 0.717) is 6.54 Å². The minimum atomic E-state index is -0.221. The van der Waals surface area contributed by atoms with Crippen molar-refractivity contribution in [2.45, 2.75) is 31.3 Å². The zero-order valence-corrected chi connectivity index (χ0v) is 13.3. The van der Waals surface area contributed by atoms with Gasteiger partial charge in [0.05, 0.1) is 12.9 Å². The average molecular weight is 327 g/mol. The Labute approximate surface area is 140 Å². The molecule has 0 radical (unpaired) electrons. The summed E-state index contributed by atoms with van der Waals surface area (Å²) in [5, 5.41) is 2.97. The third kappa shape index (κ3) is 3.13. The highest BCUT2D eigenvalue weighted by molar-refractivity contribution is 5.82. The zero-order valence-electron chi connectivity index (χ0n) is 13.3. The quantitative estimate of drug-likeness (QED) is 0.646. The van der Waals surface area contributed by atoms with Crippen LogP contribution in [0.25, 0.3) is 0 Å². The van der Waals surface area contributed by atoms with Crippen LogP contribution in [0.5, 0.6) is 5.75 Å². The summed E-state index contributed by atoms with van der Waals surface area (Å²) in [5.41, 5.74) is 9.80. The van der Waals surface area contributed by atoms with Crippen molar-refractivity contribution in [2.24, 2.45) is 0 Å². The number of hydrogen-bond donors (Lipinski definition) is 4. The number of fused-ring (bicyclic) bond motifs is 1. The summed E-state index contributed by atoms with van der Waals surface area (Å²) in [6.07, 6.45) is 5.86. The number of rotatable bonds is 5. The lowest BCUT2D eigenvalue weighted by Gasteiger charge is -2.11. The lowest BCUT2D eigenvalue weighted by atomic mass is 9.99. The molecule has 1 amide bonds. The standard InChI is InChI=1S/C17H21N5O2/c23-17(19-5-3-13-9-18-10-20-13)15-8-14(21-22-15)11-1-2-16-12(7-11)4-6-24-16/h1-2,7,9-10,14-15,21-22H,3-6,8H2,(H,18,20)(H,19,23). The van der Waals surface area contributed by atoms with Gasteiger partial charge in [0.1, 0.15) is 11.8 Å². The predicted octanol–water partition coefficient (Wildman–Crippen LogP) is 0.611. The summed E-state index contributed by atoms with van der Waals surface area (Å²) in [6.45, 7) is 1.36. The molecule has 3 heterocycles. The number of carbonyl (C=O) groups excluding carboxylic acids is 1. The van der Waals surface area contributed by atoms with E-state index in [2.05, 4.69) is 38.3 Å². The highest BCUT2D eigenvalue weighted by atomic mass is 16.5.